The summed E-state index contributed by atoms with van der Waals surface area (Å²) in [4.78, 5) is 8.18. The number of aromatic nitrogens is 2. The number of rotatable bonds is 2. The lowest BCUT2D eigenvalue weighted by atomic mass is 10.2. The van der Waals surface area contributed by atoms with Crippen LogP contribution in [0, 0.1) is 18.3 Å². The van der Waals surface area contributed by atoms with E-state index in [-0.39, 0.29) is 5.82 Å². The van der Waals surface area contributed by atoms with Crippen molar-refractivity contribution in [3.63, 3.8) is 0 Å². The summed E-state index contributed by atoms with van der Waals surface area (Å²) < 4.78 is 0. The van der Waals surface area contributed by atoms with E-state index in [1.165, 1.54) is 0 Å². The van der Waals surface area contributed by atoms with Crippen molar-refractivity contribution in [2.45, 2.75) is 25.8 Å². The van der Waals surface area contributed by atoms with Gasteiger partial charge in [-0.2, -0.15) is 10.2 Å². The fraction of sp³-hybridized carbons (Fsp3) is 0.444. The second-order valence-corrected chi connectivity index (χ2v) is 3.42. The largest absolute Gasteiger partial charge is 0.382 e. The van der Waals surface area contributed by atoms with Gasteiger partial charge in [0.2, 0.25) is 5.95 Å². The molecular formula is C9H11N5. The van der Waals surface area contributed by atoms with Crippen LogP contribution in [0.1, 0.15) is 24.1 Å². The van der Waals surface area contributed by atoms with Crippen molar-refractivity contribution in [3.05, 3.63) is 11.3 Å². The number of nitrogens with zero attached hydrogens (tertiary/aromatic N) is 3. The molecule has 1 heterocycles. The standard InChI is InChI=1S/C9H11N5/c1-5-7(4-10)8(11)14-9(12-5)13-6-2-3-6/h6H,2-3H2,1H3,(H3,11,12,13,14). The van der Waals surface area contributed by atoms with Gasteiger partial charge in [-0.3, -0.25) is 0 Å². The maximum atomic E-state index is 8.75. The Balaban J connectivity index is 2.31. The highest BCUT2D eigenvalue weighted by molar-refractivity contribution is 5.53. The van der Waals surface area contributed by atoms with Crippen molar-refractivity contribution < 1.29 is 0 Å². The van der Waals surface area contributed by atoms with Gasteiger partial charge in [0.05, 0.1) is 5.69 Å². The van der Waals surface area contributed by atoms with Crippen LogP contribution in [0.2, 0.25) is 0 Å². The molecule has 1 aromatic heterocycles. The number of nitrogen functional groups attached to an aromatic ring is 1. The van der Waals surface area contributed by atoms with Crippen LogP contribution in [0.25, 0.3) is 0 Å². The molecular weight excluding hydrogens is 178 g/mol. The van der Waals surface area contributed by atoms with E-state index < -0.39 is 0 Å². The average molecular weight is 189 g/mol. The maximum absolute atomic E-state index is 8.75. The summed E-state index contributed by atoms with van der Waals surface area (Å²) in [6.45, 7) is 1.76. The third-order valence-electron chi connectivity index (χ3n) is 2.14. The Bertz CT molecular complexity index is 379. The second kappa shape index (κ2) is 3.14. The van der Waals surface area contributed by atoms with Crippen LogP contribution in [0.3, 0.4) is 0 Å². The molecule has 1 saturated carbocycles. The molecule has 0 spiro atoms. The summed E-state index contributed by atoms with van der Waals surface area (Å²) in [5.74, 6) is 0.782. The number of hydrogen-bond donors (Lipinski definition) is 2. The minimum atomic E-state index is 0.253. The van der Waals surface area contributed by atoms with E-state index in [0.29, 0.717) is 23.2 Å². The predicted molar refractivity (Wildman–Crippen MR) is 52.5 cm³/mol. The SMILES string of the molecule is Cc1nc(NC2CC2)nc(N)c1C#N. The third-order valence-corrected chi connectivity index (χ3v) is 2.14. The van der Waals surface area contributed by atoms with Crippen molar-refractivity contribution in [3.8, 4) is 6.07 Å². The number of anilines is 2. The zero-order valence-electron chi connectivity index (χ0n) is 7.91. The van der Waals surface area contributed by atoms with Crippen molar-refractivity contribution >= 4 is 11.8 Å². The van der Waals surface area contributed by atoms with E-state index >= 15 is 0 Å². The minimum absolute atomic E-state index is 0.253. The van der Waals surface area contributed by atoms with Crippen LogP contribution < -0.4 is 11.1 Å². The zero-order valence-corrected chi connectivity index (χ0v) is 7.91. The van der Waals surface area contributed by atoms with Crippen molar-refractivity contribution in [1.82, 2.24) is 9.97 Å². The first-order chi connectivity index (χ1) is 6.70. The Labute approximate surface area is 82.0 Å². The summed E-state index contributed by atoms with van der Waals surface area (Å²) in [7, 11) is 0. The number of hydrogen-bond acceptors (Lipinski definition) is 5. The average Bonchev–Trinajstić information content (AvgIpc) is 2.87. The molecule has 0 unspecified atom stereocenters. The van der Waals surface area contributed by atoms with Gasteiger partial charge in [0, 0.05) is 6.04 Å². The molecule has 0 aliphatic heterocycles. The monoisotopic (exact) mass is 189 g/mol. The molecule has 0 radical (unpaired) electrons. The van der Waals surface area contributed by atoms with E-state index in [4.69, 9.17) is 11.0 Å². The topological polar surface area (TPSA) is 87.6 Å². The van der Waals surface area contributed by atoms with Crippen LogP contribution in [-0.4, -0.2) is 16.0 Å². The molecule has 5 heteroatoms. The highest BCUT2D eigenvalue weighted by Crippen LogP contribution is 2.24. The molecule has 0 aromatic carbocycles. The number of nitriles is 1. The summed E-state index contributed by atoms with van der Waals surface area (Å²) in [5, 5.41) is 11.9. The fourth-order valence-electron chi connectivity index (χ4n) is 1.21. The maximum Gasteiger partial charge on any atom is 0.225 e. The van der Waals surface area contributed by atoms with E-state index in [1.54, 1.807) is 6.92 Å². The summed E-state index contributed by atoms with van der Waals surface area (Å²) in [6.07, 6.45) is 2.31. The quantitative estimate of drug-likeness (QED) is 0.718. The summed E-state index contributed by atoms with van der Waals surface area (Å²) in [6, 6.07) is 2.47. The highest BCUT2D eigenvalue weighted by Gasteiger charge is 2.22. The van der Waals surface area contributed by atoms with Gasteiger partial charge in [-0.05, 0) is 19.8 Å². The van der Waals surface area contributed by atoms with E-state index in [2.05, 4.69) is 15.3 Å². The Morgan fingerprint density at radius 3 is 2.71 bits per heavy atom. The first-order valence-corrected chi connectivity index (χ1v) is 4.51. The van der Waals surface area contributed by atoms with E-state index in [1.807, 2.05) is 6.07 Å². The molecule has 1 fully saturated rings. The summed E-state index contributed by atoms with van der Waals surface area (Å²) in [5.41, 5.74) is 6.61. The molecule has 0 atom stereocenters. The molecule has 2 rings (SSSR count). The first-order valence-electron chi connectivity index (χ1n) is 4.51. The Hall–Kier alpha value is -1.83. The predicted octanol–water partition coefficient (Wildman–Crippen LogP) is 0.813. The molecule has 5 nitrogen and oxygen atoms in total. The molecule has 72 valence electrons. The normalized spacial score (nSPS) is 14.9. The van der Waals surface area contributed by atoms with Crippen LogP contribution in [-0.2, 0) is 0 Å². The van der Waals surface area contributed by atoms with Gasteiger partial charge in [-0.25, -0.2) is 4.98 Å². The molecule has 1 aliphatic rings. The van der Waals surface area contributed by atoms with Crippen LogP contribution >= 0.6 is 0 Å². The molecule has 0 saturated heterocycles. The lowest BCUT2D eigenvalue weighted by Crippen LogP contribution is -2.09. The number of nitrogens with two attached hydrogens (primary N) is 1. The van der Waals surface area contributed by atoms with Gasteiger partial charge in [-0.15, -0.1) is 0 Å². The lowest BCUT2D eigenvalue weighted by molar-refractivity contribution is 1.03. The van der Waals surface area contributed by atoms with Gasteiger partial charge < -0.3 is 11.1 Å². The van der Waals surface area contributed by atoms with Crippen LogP contribution in [0.15, 0.2) is 0 Å². The molecule has 3 N–H and O–H groups in total. The second-order valence-electron chi connectivity index (χ2n) is 3.42. The third kappa shape index (κ3) is 1.59. The van der Waals surface area contributed by atoms with E-state index in [0.717, 1.165) is 12.8 Å². The number of nitrogens with one attached hydrogen (secondary N) is 1. The Morgan fingerprint density at radius 2 is 2.21 bits per heavy atom. The van der Waals surface area contributed by atoms with Gasteiger partial charge in [0.1, 0.15) is 17.5 Å². The van der Waals surface area contributed by atoms with Crippen molar-refractivity contribution in [1.29, 1.82) is 5.26 Å². The van der Waals surface area contributed by atoms with Gasteiger partial charge >= 0.3 is 0 Å². The zero-order chi connectivity index (χ0) is 10.1. The number of aryl methyl sites for hydroxylation is 1. The van der Waals surface area contributed by atoms with Crippen LogP contribution in [0.4, 0.5) is 11.8 Å². The molecule has 0 amide bonds. The van der Waals surface area contributed by atoms with Gasteiger partial charge in [0.15, 0.2) is 0 Å². The van der Waals surface area contributed by atoms with Crippen molar-refractivity contribution in [2.75, 3.05) is 11.1 Å². The smallest absolute Gasteiger partial charge is 0.225 e. The molecule has 14 heavy (non-hydrogen) atoms. The highest BCUT2D eigenvalue weighted by atomic mass is 15.1. The van der Waals surface area contributed by atoms with Gasteiger partial charge in [-0.1, -0.05) is 0 Å². The first kappa shape index (κ1) is 8.75. The molecule has 0 bridgehead atoms. The molecule has 1 aromatic rings. The Morgan fingerprint density at radius 1 is 1.50 bits per heavy atom. The summed E-state index contributed by atoms with van der Waals surface area (Å²) >= 11 is 0. The minimum Gasteiger partial charge on any atom is -0.382 e. The van der Waals surface area contributed by atoms with Crippen LogP contribution in [0.5, 0.6) is 0 Å². The lowest BCUT2D eigenvalue weighted by Gasteiger charge is -2.06. The Kier molecular flexibility index (Phi) is 1.97. The van der Waals surface area contributed by atoms with Gasteiger partial charge in [0.25, 0.3) is 0 Å². The fourth-order valence-corrected chi connectivity index (χ4v) is 1.21. The van der Waals surface area contributed by atoms with Crippen molar-refractivity contribution in [2.24, 2.45) is 0 Å². The molecule has 1 aliphatic carbocycles. The van der Waals surface area contributed by atoms with E-state index in [9.17, 15) is 0 Å².